The lowest BCUT2D eigenvalue weighted by atomic mass is 10.1. The van der Waals surface area contributed by atoms with Crippen LogP contribution in [0.4, 0.5) is 9.93 Å². The summed E-state index contributed by atoms with van der Waals surface area (Å²) in [5, 5.41) is 6.07. The number of amides is 2. The number of carbonyl (C=O) groups excluding carboxylic acids is 2. The Morgan fingerprint density at radius 3 is 2.63 bits per heavy atom. The van der Waals surface area contributed by atoms with E-state index in [4.69, 9.17) is 4.74 Å². The molecule has 2 amide bonds. The van der Waals surface area contributed by atoms with E-state index in [1.165, 1.54) is 22.5 Å². The molecule has 30 heavy (non-hydrogen) atoms. The van der Waals surface area contributed by atoms with Crippen LogP contribution in [0, 0.1) is 6.92 Å². The highest BCUT2D eigenvalue weighted by Crippen LogP contribution is 2.22. The van der Waals surface area contributed by atoms with Crippen LogP contribution in [0.3, 0.4) is 0 Å². The standard InChI is InChI=1S/C23H25N3O3S/c1-17-8-5-6-11-19(17)14-20-15-25-22(30-20)26-21(27)12-7-13-24-23(28)29-16-18-9-3-2-4-10-18/h2-6,8-11,15H,7,12-14,16H2,1H3,(H,24,28)(H,25,26,27). The highest BCUT2D eigenvalue weighted by molar-refractivity contribution is 7.15. The number of carbonyl (C=O) groups is 2. The minimum absolute atomic E-state index is 0.119. The Labute approximate surface area is 180 Å². The first-order valence-corrected chi connectivity index (χ1v) is 10.7. The van der Waals surface area contributed by atoms with Gasteiger partial charge in [-0.2, -0.15) is 0 Å². The van der Waals surface area contributed by atoms with Crippen molar-refractivity contribution in [2.45, 2.75) is 32.8 Å². The van der Waals surface area contributed by atoms with Crippen molar-refractivity contribution in [2.24, 2.45) is 0 Å². The molecule has 0 bridgehead atoms. The molecule has 0 fully saturated rings. The van der Waals surface area contributed by atoms with Crippen LogP contribution in [0.25, 0.3) is 0 Å². The number of anilines is 1. The molecule has 0 aliphatic rings. The molecule has 0 saturated carbocycles. The highest BCUT2D eigenvalue weighted by atomic mass is 32.1. The average molecular weight is 424 g/mol. The third kappa shape index (κ3) is 7.00. The van der Waals surface area contributed by atoms with E-state index in [2.05, 4.69) is 34.7 Å². The van der Waals surface area contributed by atoms with E-state index < -0.39 is 6.09 Å². The molecule has 0 spiro atoms. The Bertz CT molecular complexity index is 973. The normalized spacial score (nSPS) is 10.4. The van der Waals surface area contributed by atoms with E-state index in [1.807, 2.05) is 42.5 Å². The highest BCUT2D eigenvalue weighted by Gasteiger charge is 2.09. The van der Waals surface area contributed by atoms with Crippen LogP contribution in [-0.2, 0) is 22.6 Å². The molecule has 1 aromatic heterocycles. The van der Waals surface area contributed by atoms with Crippen molar-refractivity contribution in [3.05, 3.63) is 82.4 Å². The lowest BCUT2D eigenvalue weighted by Crippen LogP contribution is -2.26. The molecule has 0 radical (unpaired) electrons. The predicted molar refractivity (Wildman–Crippen MR) is 119 cm³/mol. The van der Waals surface area contributed by atoms with Gasteiger partial charge in [-0.25, -0.2) is 9.78 Å². The van der Waals surface area contributed by atoms with Gasteiger partial charge in [0.2, 0.25) is 5.91 Å². The fraction of sp³-hybridized carbons (Fsp3) is 0.261. The number of benzene rings is 2. The van der Waals surface area contributed by atoms with Crippen molar-refractivity contribution in [2.75, 3.05) is 11.9 Å². The van der Waals surface area contributed by atoms with Crippen LogP contribution in [0.1, 0.15) is 34.4 Å². The van der Waals surface area contributed by atoms with Crippen LogP contribution in [-0.4, -0.2) is 23.5 Å². The topological polar surface area (TPSA) is 80.3 Å². The monoisotopic (exact) mass is 423 g/mol. The summed E-state index contributed by atoms with van der Waals surface area (Å²) in [6.45, 7) is 2.68. The molecule has 156 valence electrons. The molecular weight excluding hydrogens is 398 g/mol. The van der Waals surface area contributed by atoms with Crippen LogP contribution in [0.5, 0.6) is 0 Å². The number of rotatable bonds is 9. The second-order valence-electron chi connectivity index (χ2n) is 6.88. The van der Waals surface area contributed by atoms with Crippen molar-refractivity contribution in [3.8, 4) is 0 Å². The molecule has 2 aromatic carbocycles. The van der Waals surface area contributed by atoms with E-state index in [9.17, 15) is 9.59 Å². The Morgan fingerprint density at radius 2 is 1.83 bits per heavy atom. The van der Waals surface area contributed by atoms with Crippen molar-refractivity contribution in [3.63, 3.8) is 0 Å². The second-order valence-corrected chi connectivity index (χ2v) is 7.99. The number of alkyl carbamates (subject to hydrolysis) is 1. The molecular formula is C23H25N3O3S. The summed E-state index contributed by atoms with van der Waals surface area (Å²) >= 11 is 1.48. The van der Waals surface area contributed by atoms with Gasteiger partial charge in [-0.1, -0.05) is 54.6 Å². The zero-order valence-electron chi connectivity index (χ0n) is 16.9. The summed E-state index contributed by atoms with van der Waals surface area (Å²) in [5.74, 6) is -0.119. The summed E-state index contributed by atoms with van der Waals surface area (Å²) in [4.78, 5) is 29.2. The van der Waals surface area contributed by atoms with Gasteiger partial charge in [-0.3, -0.25) is 4.79 Å². The number of nitrogens with zero attached hydrogens (tertiary/aromatic N) is 1. The molecule has 2 N–H and O–H groups in total. The third-order valence-corrected chi connectivity index (χ3v) is 5.40. The summed E-state index contributed by atoms with van der Waals surface area (Å²) in [6, 6.07) is 17.7. The second kappa shape index (κ2) is 11.1. The number of hydrogen-bond donors (Lipinski definition) is 2. The Morgan fingerprint density at radius 1 is 1.07 bits per heavy atom. The number of aromatic nitrogens is 1. The fourth-order valence-corrected chi connectivity index (χ4v) is 3.69. The third-order valence-electron chi connectivity index (χ3n) is 4.49. The van der Waals surface area contributed by atoms with Crippen LogP contribution >= 0.6 is 11.3 Å². The van der Waals surface area contributed by atoms with E-state index in [-0.39, 0.29) is 12.5 Å². The SMILES string of the molecule is Cc1ccccc1Cc1cnc(NC(=O)CCCNC(=O)OCc2ccccc2)s1. The molecule has 0 saturated heterocycles. The number of thiazole rings is 1. The maximum absolute atomic E-state index is 12.1. The van der Waals surface area contributed by atoms with E-state index in [0.29, 0.717) is 24.5 Å². The molecule has 3 aromatic rings. The zero-order chi connectivity index (χ0) is 21.2. The summed E-state index contributed by atoms with van der Waals surface area (Å²) in [6.07, 6.45) is 2.94. The van der Waals surface area contributed by atoms with Crippen LogP contribution in [0.2, 0.25) is 0 Å². The fourth-order valence-electron chi connectivity index (χ4n) is 2.84. The van der Waals surface area contributed by atoms with Gasteiger partial charge >= 0.3 is 6.09 Å². The summed E-state index contributed by atoms with van der Waals surface area (Å²) < 4.78 is 5.13. The first-order valence-electron chi connectivity index (χ1n) is 9.84. The van der Waals surface area contributed by atoms with Crippen LogP contribution < -0.4 is 10.6 Å². The van der Waals surface area contributed by atoms with Gasteiger partial charge in [-0.05, 0) is 30.0 Å². The molecule has 7 heteroatoms. The Kier molecular flexibility index (Phi) is 7.97. The molecule has 3 rings (SSSR count). The molecule has 0 atom stereocenters. The maximum atomic E-state index is 12.1. The molecule has 0 unspecified atom stereocenters. The summed E-state index contributed by atoms with van der Waals surface area (Å²) in [7, 11) is 0. The lowest BCUT2D eigenvalue weighted by Gasteiger charge is -2.07. The number of aryl methyl sites for hydroxylation is 1. The lowest BCUT2D eigenvalue weighted by molar-refractivity contribution is -0.116. The van der Waals surface area contributed by atoms with Crippen LogP contribution in [0.15, 0.2) is 60.8 Å². The van der Waals surface area contributed by atoms with Gasteiger partial charge < -0.3 is 15.4 Å². The van der Waals surface area contributed by atoms with Gasteiger partial charge in [0.05, 0.1) is 0 Å². The summed E-state index contributed by atoms with van der Waals surface area (Å²) in [5.41, 5.74) is 3.42. The van der Waals surface area contributed by atoms with Gasteiger partial charge in [0.1, 0.15) is 6.61 Å². The van der Waals surface area contributed by atoms with Crippen molar-refractivity contribution in [1.29, 1.82) is 0 Å². The predicted octanol–water partition coefficient (Wildman–Crippen LogP) is 4.69. The van der Waals surface area contributed by atoms with E-state index in [1.54, 1.807) is 6.20 Å². The number of ether oxygens (including phenoxy) is 1. The Hall–Kier alpha value is -3.19. The van der Waals surface area contributed by atoms with Gasteiger partial charge in [0.25, 0.3) is 0 Å². The zero-order valence-corrected chi connectivity index (χ0v) is 17.7. The molecule has 0 aliphatic carbocycles. The molecule has 1 heterocycles. The van der Waals surface area contributed by atoms with E-state index in [0.717, 1.165) is 16.9 Å². The van der Waals surface area contributed by atoms with Gasteiger partial charge in [0, 0.05) is 30.5 Å². The Balaban J connectivity index is 1.32. The first-order chi connectivity index (χ1) is 14.6. The average Bonchev–Trinajstić information content (AvgIpc) is 3.19. The van der Waals surface area contributed by atoms with Crippen molar-refractivity contribution < 1.29 is 14.3 Å². The minimum atomic E-state index is -0.486. The van der Waals surface area contributed by atoms with E-state index >= 15 is 0 Å². The molecule has 0 aliphatic heterocycles. The smallest absolute Gasteiger partial charge is 0.407 e. The molecule has 6 nitrogen and oxygen atoms in total. The quantitative estimate of drug-likeness (QED) is 0.490. The maximum Gasteiger partial charge on any atom is 0.407 e. The first kappa shape index (κ1) is 21.5. The largest absolute Gasteiger partial charge is 0.445 e. The number of nitrogens with one attached hydrogen (secondary N) is 2. The van der Waals surface area contributed by atoms with Crippen molar-refractivity contribution in [1.82, 2.24) is 10.3 Å². The van der Waals surface area contributed by atoms with Gasteiger partial charge in [0.15, 0.2) is 5.13 Å². The number of hydrogen-bond acceptors (Lipinski definition) is 5. The van der Waals surface area contributed by atoms with Gasteiger partial charge in [-0.15, -0.1) is 11.3 Å². The van der Waals surface area contributed by atoms with Crippen molar-refractivity contribution >= 4 is 28.5 Å². The minimum Gasteiger partial charge on any atom is -0.445 e.